The molecule has 1 aliphatic heterocycles. The van der Waals surface area contributed by atoms with Crippen molar-refractivity contribution in [1.82, 2.24) is 4.98 Å². The summed E-state index contributed by atoms with van der Waals surface area (Å²) in [5.41, 5.74) is 5.22. The Morgan fingerprint density at radius 1 is 1.15 bits per heavy atom. The normalized spacial score (nSPS) is 19.4. The van der Waals surface area contributed by atoms with Crippen molar-refractivity contribution in [2.75, 3.05) is 11.1 Å². The number of aryl methyl sites for hydroxylation is 2. The fraction of sp³-hybridized carbons (Fsp3) is 0.238. The monoisotopic (exact) mass is 375 g/mol. The highest BCUT2D eigenvalue weighted by atomic mass is 32.2. The summed E-state index contributed by atoms with van der Waals surface area (Å²) in [5.74, 6) is 0.115. The molecule has 0 amide bonds. The van der Waals surface area contributed by atoms with Crippen LogP contribution in [0.2, 0.25) is 0 Å². The molecule has 134 valence electrons. The Morgan fingerprint density at radius 3 is 2.85 bits per heavy atom. The van der Waals surface area contributed by atoms with E-state index in [1.165, 1.54) is 11.1 Å². The lowest BCUT2D eigenvalue weighted by molar-refractivity contribution is 0.600. The van der Waals surface area contributed by atoms with Crippen molar-refractivity contribution < 1.29 is 8.42 Å². The predicted octanol–water partition coefficient (Wildman–Crippen LogP) is 3.54. The molecular formula is C21H17N3O2S. The van der Waals surface area contributed by atoms with Crippen molar-refractivity contribution in [3.8, 4) is 6.07 Å². The van der Waals surface area contributed by atoms with E-state index in [1.54, 1.807) is 18.3 Å². The van der Waals surface area contributed by atoms with Crippen LogP contribution in [0.15, 0.2) is 47.5 Å². The van der Waals surface area contributed by atoms with E-state index in [0.29, 0.717) is 22.6 Å². The smallest absolute Gasteiger partial charge is 0.179 e. The molecule has 0 fully saturated rings. The molecule has 2 aliphatic rings. The summed E-state index contributed by atoms with van der Waals surface area (Å²) in [6.07, 6.45) is 3.97. The van der Waals surface area contributed by atoms with E-state index >= 15 is 0 Å². The maximum Gasteiger partial charge on any atom is 0.179 e. The Balaban J connectivity index is 1.72. The second-order valence-electron chi connectivity index (χ2n) is 7.10. The van der Waals surface area contributed by atoms with Gasteiger partial charge in [-0.2, -0.15) is 5.26 Å². The quantitative estimate of drug-likeness (QED) is 0.741. The number of sulfone groups is 1. The molecule has 1 aliphatic carbocycles. The number of anilines is 1. The van der Waals surface area contributed by atoms with E-state index in [1.807, 2.05) is 12.1 Å². The van der Waals surface area contributed by atoms with Crippen molar-refractivity contribution in [1.29, 1.82) is 5.26 Å². The molecule has 2 heterocycles. The molecule has 1 atom stereocenters. The van der Waals surface area contributed by atoms with Crippen LogP contribution in [0, 0.1) is 11.3 Å². The molecule has 1 N–H and O–H groups in total. The second kappa shape index (κ2) is 5.80. The Bertz CT molecular complexity index is 1240. The Hall–Kier alpha value is -2.91. The highest BCUT2D eigenvalue weighted by molar-refractivity contribution is 7.91. The maximum atomic E-state index is 12.4. The van der Waals surface area contributed by atoms with Gasteiger partial charge in [0.15, 0.2) is 9.84 Å². The van der Waals surface area contributed by atoms with Crippen LogP contribution in [0.25, 0.3) is 10.9 Å². The first-order chi connectivity index (χ1) is 13.1. The zero-order valence-corrected chi connectivity index (χ0v) is 15.4. The molecule has 0 saturated heterocycles. The van der Waals surface area contributed by atoms with Crippen molar-refractivity contribution >= 4 is 26.4 Å². The standard InChI is InChI=1S/C21H17N3O2S/c22-11-14-12-23-18-7-8-19-16(9-10-27(19,25)26)20(18)21(14)24-17-6-5-13-3-1-2-4-15(13)17/h1-4,7-8,12,17H,5-6,9-10H2,(H,23,24)/t17-/m0/s1. The van der Waals surface area contributed by atoms with Crippen molar-refractivity contribution in [2.45, 2.75) is 30.2 Å². The van der Waals surface area contributed by atoms with Crippen LogP contribution >= 0.6 is 0 Å². The first-order valence-electron chi connectivity index (χ1n) is 9.00. The van der Waals surface area contributed by atoms with Gasteiger partial charge in [-0.05, 0) is 48.1 Å². The van der Waals surface area contributed by atoms with E-state index in [0.717, 1.165) is 29.3 Å². The number of fused-ring (bicyclic) bond motifs is 4. The summed E-state index contributed by atoms with van der Waals surface area (Å²) in [7, 11) is -3.25. The minimum absolute atomic E-state index is 0.104. The van der Waals surface area contributed by atoms with Crippen LogP contribution in [-0.4, -0.2) is 19.2 Å². The van der Waals surface area contributed by atoms with Crippen LogP contribution in [0.3, 0.4) is 0 Å². The summed E-state index contributed by atoms with van der Waals surface area (Å²) < 4.78 is 24.7. The molecule has 0 spiro atoms. The molecule has 5 nitrogen and oxygen atoms in total. The minimum Gasteiger partial charge on any atom is -0.377 e. The molecule has 6 heteroatoms. The van der Waals surface area contributed by atoms with Gasteiger partial charge in [-0.3, -0.25) is 4.98 Å². The third-order valence-corrected chi connectivity index (χ3v) is 7.42. The van der Waals surface area contributed by atoms with Gasteiger partial charge in [0, 0.05) is 11.6 Å². The van der Waals surface area contributed by atoms with Gasteiger partial charge < -0.3 is 5.32 Å². The van der Waals surface area contributed by atoms with Gasteiger partial charge in [-0.1, -0.05) is 24.3 Å². The van der Waals surface area contributed by atoms with Gasteiger partial charge in [0.2, 0.25) is 0 Å². The van der Waals surface area contributed by atoms with Crippen molar-refractivity contribution in [2.24, 2.45) is 0 Å². The predicted molar refractivity (Wildman–Crippen MR) is 103 cm³/mol. The summed E-state index contributed by atoms with van der Waals surface area (Å²) in [5, 5.41) is 14.0. The van der Waals surface area contributed by atoms with E-state index in [-0.39, 0.29) is 11.8 Å². The van der Waals surface area contributed by atoms with Crippen LogP contribution in [0.5, 0.6) is 0 Å². The van der Waals surface area contributed by atoms with Crippen molar-refractivity contribution in [3.05, 3.63) is 64.8 Å². The molecule has 0 unspecified atom stereocenters. The number of rotatable bonds is 2. The lowest BCUT2D eigenvalue weighted by Gasteiger charge is -2.19. The minimum atomic E-state index is -3.25. The van der Waals surface area contributed by atoms with Crippen LogP contribution in [-0.2, 0) is 22.7 Å². The molecule has 27 heavy (non-hydrogen) atoms. The lowest BCUT2D eigenvalue weighted by Crippen LogP contribution is -2.10. The molecule has 0 saturated carbocycles. The number of nitrogens with zero attached hydrogens (tertiary/aromatic N) is 2. The average molecular weight is 375 g/mol. The molecular weight excluding hydrogens is 358 g/mol. The van der Waals surface area contributed by atoms with Crippen LogP contribution in [0.4, 0.5) is 5.69 Å². The van der Waals surface area contributed by atoms with E-state index in [4.69, 9.17) is 0 Å². The Labute approximate surface area is 157 Å². The molecule has 2 aromatic carbocycles. The number of aromatic nitrogens is 1. The fourth-order valence-electron chi connectivity index (χ4n) is 4.34. The van der Waals surface area contributed by atoms with E-state index < -0.39 is 9.84 Å². The number of nitriles is 1. The van der Waals surface area contributed by atoms with E-state index in [2.05, 4.69) is 28.5 Å². The fourth-order valence-corrected chi connectivity index (χ4v) is 5.89. The van der Waals surface area contributed by atoms with Gasteiger partial charge in [0.05, 0.1) is 33.5 Å². The highest BCUT2D eigenvalue weighted by Gasteiger charge is 2.30. The summed E-state index contributed by atoms with van der Waals surface area (Å²) in [4.78, 5) is 4.78. The van der Waals surface area contributed by atoms with Crippen molar-refractivity contribution in [3.63, 3.8) is 0 Å². The third-order valence-electron chi connectivity index (χ3n) is 5.63. The summed E-state index contributed by atoms with van der Waals surface area (Å²) >= 11 is 0. The second-order valence-corrected chi connectivity index (χ2v) is 9.18. The topological polar surface area (TPSA) is 82.8 Å². The van der Waals surface area contributed by atoms with Crippen LogP contribution < -0.4 is 5.32 Å². The average Bonchev–Trinajstić information content (AvgIpc) is 3.22. The maximum absolute atomic E-state index is 12.4. The zero-order chi connectivity index (χ0) is 18.6. The number of hydrogen-bond donors (Lipinski definition) is 1. The SMILES string of the molecule is N#Cc1cnc2ccc3c(c2c1N[C@H]1CCc2ccccc21)CCS3(=O)=O. The van der Waals surface area contributed by atoms with Crippen LogP contribution in [0.1, 0.15) is 34.7 Å². The number of nitrogens with one attached hydrogen (secondary N) is 1. The van der Waals surface area contributed by atoms with Gasteiger partial charge in [0.25, 0.3) is 0 Å². The highest BCUT2D eigenvalue weighted by Crippen LogP contribution is 2.40. The Kier molecular flexibility index (Phi) is 3.49. The van der Waals surface area contributed by atoms with Gasteiger partial charge in [-0.15, -0.1) is 0 Å². The van der Waals surface area contributed by atoms with E-state index in [9.17, 15) is 13.7 Å². The molecule has 0 bridgehead atoms. The largest absolute Gasteiger partial charge is 0.377 e. The van der Waals surface area contributed by atoms with Gasteiger partial charge in [0.1, 0.15) is 6.07 Å². The first-order valence-corrected chi connectivity index (χ1v) is 10.7. The summed E-state index contributed by atoms with van der Waals surface area (Å²) in [6, 6.07) is 14.0. The molecule has 3 aromatic rings. The zero-order valence-electron chi connectivity index (χ0n) is 14.6. The van der Waals surface area contributed by atoms with Gasteiger partial charge in [-0.25, -0.2) is 8.42 Å². The third kappa shape index (κ3) is 2.42. The lowest BCUT2D eigenvalue weighted by atomic mass is 10.0. The molecule has 0 radical (unpaired) electrons. The number of hydrogen-bond acceptors (Lipinski definition) is 5. The first kappa shape index (κ1) is 16.3. The number of pyridine rings is 1. The Morgan fingerprint density at radius 2 is 2.00 bits per heavy atom. The molecule has 1 aromatic heterocycles. The number of benzene rings is 2. The molecule has 5 rings (SSSR count). The van der Waals surface area contributed by atoms with Gasteiger partial charge >= 0.3 is 0 Å². The summed E-state index contributed by atoms with van der Waals surface area (Å²) in [6.45, 7) is 0.